The maximum Gasteiger partial charge on any atom is 0.325 e. The summed E-state index contributed by atoms with van der Waals surface area (Å²) in [5.74, 6) is -2.08. The number of nitrogens with one attached hydrogen (secondary N) is 2. The van der Waals surface area contributed by atoms with Crippen LogP contribution in [0.15, 0.2) is 34.6 Å². The zero-order chi connectivity index (χ0) is 32.7. The highest BCUT2D eigenvalue weighted by molar-refractivity contribution is 8.07. The molecule has 16 nitrogen and oxygen atoms in total. The van der Waals surface area contributed by atoms with Gasteiger partial charge in [-0.1, -0.05) is 0 Å². The third kappa shape index (κ3) is 5.39. The summed E-state index contributed by atoms with van der Waals surface area (Å²) in [4.78, 5) is 47.2. The highest BCUT2D eigenvalue weighted by Crippen LogP contribution is 2.54. The summed E-state index contributed by atoms with van der Waals surface area (Å²) in [5.41, 5.74) is -2.27. The topological polar surface area (TPSA) is 194 Å². The van der Waals surface area contributed by atoms with Gasteiger partial charge < -0.3 is 37.9 Å². The van der Waals surface area contributed by atoms with Crippen molar-refractivity contribution in [2.24, 2.45) is 0 Å². The second kappa shape index (κ2) is 11.4. The molecule has 4 aromatic heterocycles. The van der Waals surface area contributed by atoms with E-state index in [1.807, 2.05) is 0 Å². The number of fused-ring (bicyclic) bond motifs is 4. The fraction of sp³-hybridized carbons (Fsp3) is 0.455. The summed E-state index contributed by atoms with van der Waals surface area (Å²) in [6.45, 7) is -6.08. The van der Waals surface area contributed by atoms with E-state index in [1.165, 1.54) is 0 Å². The lowest BCUT2D eigenvalue weighted by Gasteiger charge is -2.29. The second-order valence-corrected chi connectivity index (χ2v) is 14.7. The molecular formula is C22H19BF4N6O10P2S. The zero-order valence-electron chi connectivity index (χ0n) is 22.6. The molecule has 7 rings (SSSR count). The molecule has 4 aromatic rings. The van der Waals surface area contributed by atoms with Gasteiger partial charge in [0.05, 0.1) is 25.9 Å². The summed E-state index contributed by atoms with van der Waals surface area (Å²) in [7, 11) is 1.01. The minimum Gasteiger partial charge on any atom is -0.346 e. The molecule has 24 heteroatoms. The van der Waals surface area contributed by atoms with Crippen LogP contribution in [0.2, 0.25) is 0 Å². The largest absolute Gasteiger partial charge is 0.346 e. The molecule has 0 amide bonds. The van der Waals surface area contributed by atoms with E-state index in [2.05, 4.69) is 19.9 Å². The van der Waals surface area contributed by atoms with Gasteiger partial charge in [0, 0.05) is 12.4 Å². The van der Waals surface area contributed by atoms with Crippen molar-refractivity contribution >= 4 is 55.6 Å². The zero-order valence-corrected chi connectivity index (χ0v) is 25.2. The first kappa shape index (κ1) is 31.8. The van der Waals surface area contributed by atoms with Crippen LogP contribution in [0.25, 0.3) is 22.1 Å². The van der Waals surface area contributed by atoms with Crippen molar-refractivity contribution < 1.29 is 54.6 Å². The molecule has 0 aromatic carbocycles. The molecule has 244 valence electrons. The molecule has 3 saturated heterocycles. The number of nitrogens with zero attached hydrogens (tertiary/aromatic N) is 4. The number of rotatable bonds is 2. The van der Waals surface area contributed by atoms with Crippen LogP contribution in [0.5, 0.6) is 0 Å². The Balaban J connectivity index is 1.18. The van der Waals surface area contributed by atoms with Crippen molar-refractivity contribution in [3.8, 4) is 0 Å². The van der Waals surface area contributed by atoms with Crippen LogP contribution in [0.1, 0.15) is 12.5 Å². The number of ether oxygens (including phenoxy) is 2. The number of hydrogen-bond acceptors (Lipinski definition) is 12. The third-order valence-corrected chi connectivity index (χ3v) is 10.2. The lowest BCUT2D eigenvalue weighted by atomic mass is 10.1. The number of halogens is 4. The predicted octanol–water partition coefficient (Wildman–Crippen LogP) is 1.52. The molecule has 46 heavy (non-hydrogen) atoms. The van der Waals surface area contributed by atoms with Gasteiger partial charge in [-0.05, 0) is 11.8 Å². The molecule has 2 radical (unpaired) electrons. The van der Waals surface area contributed by atoms with Crippen molar-refractivity contribution in [1.29, 1.82) is 0 Å². The van der Waals surface area contributed by atoms with Gasteiger partial charge >= 0.3 is 6.72 Å². The first-order valence-electron chi connectivity index (χ1n) is 13.2. The molecule has 0 saturated carbocycles. The van der Waals surface area contributed by atoms with E-state index >= 15 is 8.78 Å². The SMILES string of the molecule is [B]P1(=O)OC[C@H]2O[C@@H](n3cc(F)c4c(=O)[nH]cnc43)C(F)[C@H]2OP(O)(=S)OC[C@H]2O[C@@H](n3cc(F)c4c(=O)[nH]cnc43)[C@@H](F)C2O1. The number of H-pyrrole nitrogens is 2. The van der Waals surface area contributed by atoms with Crippen molar-refractivity contribution in [2.75, 3.05) is 13.2 Å². The molecule has 0 spiro atoms. The monoisotopic (exact) mass is 708 g/mol. The highest BCUT2D eigenvalue weighted by Gasteiger charge is 2.53. The van der Waals surface area contributed by atoms with Gasteiger partial charge in [-0.2, -0.15) is 0 Å². The van der Waals surface area contributed by atoms with E-state index in [0.29, 0.717) is 0 Å². The molecule has 7 heterocycles. The number of aromatic amines is 2. The Hall–Kier alpha value is -2.78. The minimum atomic E-state index is -4.74. The van der Waals surface area contributed by atoms with Crippen LogP contribution in [0.4, 0.5) is 17.6 Å². The maximum atomic E-state index is 15.9. The Kier molecular flexibility index (Phi) is 7.91. The van der Waals surface area contributed by atoms with Crippen LogP contribution in [0.3, 0.4) is 0 Å². The van der Waals surface area contributed by atoms with Gasteiger partial charge in [0.2, 0.25) is 7.57 Å². The summed E-state index contributed by atoms with van der Waals surface area (Å²) >= 11 is 5.06. The van der Waals surface area contributed by atoms with Gasteiger partial charge in [0.15, 0.2) is 47.7 Å². The normalized spacial score (nSPS) is 37.2. The van der Waals surface area contributed by atoms with Gasteiger partial charge in [-0.15, -0.1) is 0 Å². The molecule has 3 N–H and O–H groups in total. The lowest BCUT2D eigenvalue weighted by molar-refractivity contribution is -0.0565. The molecule has 0 bridgehead atoms. The van der Waals surface area contributed by atoms with Crippen LogP contribution in [-0.2, 0) is 43.9 Å². The molecular weight excluding hydrogens is 689 g/mol. The molecule has 0 aliphatic carbocycles. The predicted molar refractivity (Wildman–Crippen MR) is 150 cm³/mol. The molecule has 10 atom stereocenters. The standard InChI is InChI=1S/C22H19BF4N6O10P2S/c23-44(36)38-3-9-16(14(27)22(40-9)33-2-8(25)12-18(33)29-6-31-20(12)35)43-45(37,46)39-4-10-15(42-44)13(26)21(41-10)32-1-7(24)11-17(32)28-5-30-19(11)34/h1-2,5-6,9-10,13-16,21-22H,3-4H2,(H,37,46)(H,28,30,34)(H,29,31,35)/t9-,10-,13+,14?,15?,16+,21-,22-,44?,45?/m1/s1. The lowest BCUT2D eigenvalue weighted by Crippen LogP contribution is -2.37. The fourth-order valence-corrected chi connectivity index (χ4v) is 8.02. The van der Waals surface area contributed by atoms with Gasteiger partial charge in [0.25, 0.3) is 18.6 Å². The fourth-order valence-electron chi connectivity index (χ4n) is 5.57. The Morgan fingerprint density at radius 2 is 1.33 bits per heavy atom. The van der Waals surface area contributed by atoms with Crippen LogP contribution in [-0.4, -0.2) is 91.5 Å². The molecule has 3 fully saturated rings. The van der Waals surface area contributed by atoms with E-state index in [1.54, 1.807) is 0 Å². The van der Waals surface area contributed by atoms with Crippen LogP contribution in [0, 0.1) is 11.6 Å². The van der Waals surface area contributed by atoms with Gasteiger partial charge in [0.1, 0.15) is 35.2 Å². The summed E-state index contributed by atoms with van der Waals surface area (Å²) in [6, 6.07) is 0. The maximum absolute atomic E-state index is 15.9. The van der Waals surface area contributed by atoms with Crippen molar-refractivity contribution in [2.45, 2.75) is 49.2 Å². The van der Waals surface area contributed by atoms with Crippen molar-refractivity contribution in [1.82, 2.24) is 29.1 Å². The van der Waals surface area contributed by atoms with Gasteiger partial charge in [-0.25, -0.2) is 27.5 Å². The van der Waals surface area contributed by atoms with Gasteiger partial charge in [-0.3, -0.25) is 27.8 Å². The Morgan fingerprint density at radius 3 is 1.83 bits per heavy atom. The minimum absolute atomic E-state index is 0.289. The Bertz CT molecular complexity index is 1920. The molecule has 3 aliphatic rings. The van der Waals surface area contributed by atoms with Crippen molar-refractivity contribution in [3.63, 3.8) is 0 Å². The van der Waals surface area contributed by atoms with E-state index in [-0.39, 0.29) is 11.3 Å². The summed E-state index contributed by atoms with van der Waals surface area (Å²) < 4.78 is 109. The summed E-state index contributed by atoms with van der Waals surface area (Å²) in [6.07, 6.45) is -11.3. The highest BCUT2D eigenvalue weighted by atomic mass is 32.5. The van der Waals surface area contributed by atoms with Crippen molar-refractivity contribution in [3.05, 3.63) is 57.4 Å². The van der Waals surface area contributed by atoms with E-state index in [4.69, 9.17) is 46.9 Å². The van der Waals surface area contributed by atoms with Crippen LogP contribution < -0.4 is 11.1 Å². The van der Waals surface area contributed by atoms with E-state index in [0.717, 1.165) is 34.2 Å². The summed E-state index contributed by atoms with van der Waals surface area (Å²) in [5, 5.41) is -0.974. The first-order chi connectivity index (χ1) is 21.7. The average molecular weight is 708 g/mol. The van der Waals surface area contributed by atoms with E-state index in [9.17, 15) is 27.8 Å². The second-order valence-electron chi connectivity index (χ2n) is 10.4. The third-order valence-electron chi connectivity index (χ3n) is 7.56. The number of aromatic nitrogens is 6. The Labute approximate surface area is 259 Å². The Morgan fingerprint density at radius 1 is 0.870 bits per heavy atom. The van der Waals surface area contributed by atoms with E-state index < -0.39 is 110 Å². The quantitative estimate of drug-likeness (QED) is 0.154. The first-order valence-corrected chi connectivity index (χ1v) is 17.4. The smallest absolute Gasteiger partial charge is 0.325 e. The number of hydrogen-bond donors (Lipinski definition) is 3. The molecule has 4 unspecified atom stereocenters. The van der Waals surface area contributed by atoms with Crippen LogP contribution >= 0.6 is 14.2 Å². The average Bonchev–Trinajstić information content (AvgIpc) is 3.69. The molecule has 3 aliphatic heterocycles. The number of alkyl halides is 2.